The van der Waals surface area contributed by atoms with Crippen LogP contribution >= 0.6 is 11.8 Å². The van der Waals surface area contributed by atoms with E-state index in [0.717, 1.165) is 45.1 Å². The van der Waals surface area contributed by atoms with Gasteiger partial charge in [-0.3, -0.25) is 10.4 Å². The molecule has 0 saturated heterocycles. The van der Waals surface area contributed by atoms with Crippen molar-refractivity contribution < 1.29 is 13.2 Å². The summed E-state index contributed by atoms with van der Waals surface area (Å²) in [4.78, 5) is 10.1. The molecule has 0 aliphatic carbocycles. The molecular weight excluding hydrogens is 399 g/mol. The van der Waals surface area contributed by atoms with Gasteiger partial charge < -0.3 is 9.72 Å². The fourth-order valence-corrected chi connectivity index (χ4v) is 3.58. The van der Waals surface area contributed by atoms with E-state index < -0.39 is 11.9 Å². The Morgan fingerprint density at radius 1 is 1.28 bits per heavy atom. The molecule has 0 aliphatic rings. The number of rotatable bonds is 6. The Kier molecular flexibility index (Phi) is 5.97. The number of pyridine rings is 2. The van der Waals surface area contributed by atoms with Gasteiger partial charge in [0.2, 0.25) is 0 Å². The van der Waals surface area contributed by atoms with Crippen LogP contribution in [-0.4, -0.2) is 32.0 Å². The number of nitrogens with zero attached hydrogens (tertiary/aromatic N) is 3. The van der Waals surface area contributed by atoms with Gasteiger partial charge in [-0.25, -0.2) is 4.98 Å². The van der Waals surface area contributed by atoms with Crippen LogP contribution in [0.4, 0.5) is 18.9 Å². The van der Waals surface area contributed by atoms with Crippen LogP contribution in [0, 0.1) is 19.3 Å². The van der Waals surface area contributed by atoms with Crippen LogP contribution in [0.2, 0.25) is 0 Å². The average Bonchev–Trinajstić information content (AvgIpc) is 2.97. The Hall–Kier alpha value is -2.81. The van der Waals surface area contributed by atoms with Crippen LogP contribution < -0.4 is 5.32 Å². The van der Waals surface area contributed by atoms with Gasteiger partial charge in [0, 0.05) is 23.0 Å². The predicted octanol–water partition coefficient (Wildman–Crippen LogP) is 5.63. The molecule has 29 heavy (non-hydrogen) atoms. The number of nitrogens with one attached hydrogen (secondary N) is 2. The van der Waals surface area contributed by atoms with Crippen LogP contribution in [0.1, 0.15) is 18.2 Å². The molecule has 3 heterocycles. The summed E-state index contributed by atoms with van der Waals surface area (Å²) in [6.45, 7) is 6.00. The zero-order valence-electron chi connectivity index (χ0n) is 16.1. The van der Waals surface area contributed by atoms with Crippen molar-refractivity contribution in [3.63, 3.8) is 0 Å². The third-order valence-corrected chi connectivity index (χ3v) is 5.11. The summed E-state index contributed by atoms with van der Waals surface area (Å²) in [5.74, 6) is 0.804. The summed E-state index contributed by atoms with van der Waals surface area (Å²) >= 11 is 1.58. The predicted molar refractivity (Wildman–Crippen MR) is 111 cm³/mol. The first-order chi connectivity index (χ1) is 13.7. The normalized spacial score (nSPS) is 12.1. The van der Waals surface area contributed by atoms with Gasteiger partial charge in [0.05, 0.1) is 11.9 Å². The molecule has 0 atom stereocenters. The van der Waals surface area contributed by atoms with E-state index in [4.69, 9.17) is 10.4 Å². The Labute approximate surface area is 170 Å². The SMILES string of the molecule is CCSc1cc(N/C=C\C(=N)C(F)(F)F)cnc1-c1nc2cc(C)ccn2c1C. The second-order valence-electron chi connectivity index (χ2n) is 6.37. The molecule has 0 bridgehead atoms. The van der Waals surface area contributed by atoms with Crippen molar-refractivity contribution in [1.82, 2.24) is 14.4 Å². The van der Waals surface area contributed by atoms with Gasteiger partial charge >= 0.3 is 6.18 Å². The highest BCUT2D eigenvalue weighted by Crippen LogP contribution is 2.33. The number of hydrogen-bond donors (Lipinski definition) is 2. The number of imidazole rings is 1. The van der Waals surface area contributed by atoms with Gasteiger partial charge in [0.1, 0.15) is 22.7 Å². The highest BCUT2D eigenvalue weighted by atomic mass is 32.2. The third-order valence-electron chi connectivity index (χ3n) is 4.20. The number of aryl methyl sites for hydroxylation is 2. The molecule has 0 unspecified atom stereocenters. The van der Waals surface area contributed by atoms with E-state index in [0.29, 0.717) is 11.8 Å². The van der Waals surface area contributed by atoms with Crippen molar-refractivity contribution in [3.8, 4) is 11.4 Å². The molecule has 152 valence electrons. The van der Waals surface area contributed by atoms with Crippen LogP contribution in [0.25, 0.3) is 17.0 Å². The molecule has 0 fully saturated rings. The molecule has 9 heteroatoms. The highest BCUT2D eigenvalue weighted by Gasteiger charge is 2.32. The first-order valence-corrected chi connectivity index (χ1v) is 9.86. The van der Waals surface area contributed by atoms with Crippen molar-refractivity contribution in [2.24, 2.45) is 0 Å². The quantitative estimate of drug-likeness (QED) is 0.401. The van der Waals surface area contributed by atoms with Crippen LogP contribution in [-0.2, 0) is 0 Å². The molecule has 5 nitrogen and oxygen atoms in total. The standard InChI is InChI=1S/C20H20F3N5S/c1-4-29-15-10-14(25-7-5-16(24)20(21,22)23)11-26-19(15)18-13(3)28-8-6-12(2)9-17(28)27-18/h5-11,24-25H,4H2,1-3H3/b7-5-,24-16?. The van der Waals surface area contributed by atoms with Gasteiger partial charge in [0.25, 0.3) is 0 Å². The number of hydrogen-bond acceptors (Lipinski definition) is 5. The fraction of sp³-hybridized carbons (Fsp3) is 0.250. The molecule has 0 aromatic carbocycles. The minimum Gasteiger partial charge on any atom is -0.360 e. The minimum absolute atomic E-state index is 0.535. The van der Waals surface area contributed by atoms with Crippen molar-refractivity contribution in [1.29, 1.82) is 5.41 Å². The van der Waals surface area contributed by atoms with Crippen LogP contribution in [0.15, 0.2) is 47.8 Å². The number of alkyl halides is 3. The first kappa shape index (κ1) is 20.9. The molecular formula is C20H20F3N5S. The Morgan fingerprint density at radius 3 is 2.72 bits per heavy atom. The second-order valence-corrected chi connectivity index (χ2v) is 7.68. The van der Waals surface area contributed by atoms with E-state index in [2.05, 4.69) is 10.3 Å². The maximum Gasteiger partial charge on any atom is 0.432 e. The summed E-state index contributed by atoms with van der Waals surface area (Å²) in [6.07, 6.45) is 0.619. The Balaban J connectivity index is 1.94. The van der Waals surface area contributed by atoms with Gasteiger partial charge in [0.15, 0.2) is 0 Å². The molecule has 0 amide bonds. The Bertz CT molecular complexity index is 1090. The topological polar surface area (TPSA) is 66.1 Å². The number of fused-ring (bicyclic) bond motifs is 1. The number of anilines is 1. The third kappa shape index (κ3) is 4.61. The molecule has 2 N–H and O–H groups in total. The zero-order chi connectivity index (χ0) is 21.2. The number of thioether (sulfide) groups is 1. The smallest absolute Gasteiger partial charge is 0.360 e. The number of allylic oxidation sites excluding steroid dienone is 1. The lowest BCUT2D eigenvalue weighted by Crippen LogP contribution is -2.19. The number of halogens is 3. The summed E-state index contributed by atoms with van der Waals surface area (Å²) in [5.41, 5.74) is 3.52. The number of aromatic nitrogens is 3. The van der Waals surface area contributed by atoms with E-state index in [1.54, 1.807) is 18.0 Å². The molecule has 3 aromatic heterocycles. The van der Waals surface area contributed by atoms with E-state index in [1.165, 1.54) is 0 Å². The van der Waals surface area contributed by atoms with E-state index in [9.17, 15) is 13.2 Å². The monoisotopic (exact) mass is 419 g/mol. The van der Waals surface area contributed by atoms with Gasteiger partial charge in [-0.2, -0.15) is 13.2 Å². The van der Waals surface area contributed by atoms with Gasteiger partial charge in [-0.05, 0) is 49.4 Å². The lowest BCUT2D eigenvalue weighted by molar-refractivity contribution is -0.0584. The minimum atomic E-state index is -4.66. The summed E-state index contributed by atoms with van der Waals surface area (Å²) in [7, 11) is 0. The van der Waals surface area contributed by atoms with E-state index in [-0.39, 0.29) is 0 Å². The first-order valence-electron chi connectivity index (χ1n) is 8.88. The van der Waals surface area contributed by atoms with Crippen LogP contribution in [0.5, 0.6) is 0 Å². The molecule has 3 rings (SSSR count). The molecule has 0 spiro atoms. The van der Waals surface area contributed by atoms with Gasteiger partial charge in [-0.15, -0.1) is 11.8 Å². The molecule has 0 aliphatic heterocycles. The van der Waals surface area contributed by atoms with E-state index >= 15 is 0 Å². The van der Waals surface area contributed by atoms with Crippen molar-refractivity contribution in [2.75, 3.05) is 11.1 Å². The molecule has 0 radical (unpaired) electrons. The maximum absolute atomic E-state index is 12.4. The zero-order valence-corrected chi connectivity index (χ0v) is 16.9. The summed E-state index contributed by atoms with van der Waals surface area (Å²) in [6, 6.07) is 5.84. The van der Waals surface area contributed by atoms with Crippen molar-refractivity contribution in [2.45, 2.75) is 31.8 Å². The van der Waals surface area contributed by atoms with Crippen molar-refractivity contribution >= 4 is 28.8 Å². The van der Waals surface area contributed by atoms with Gasteiger partial charge in [-0.1, -0.05) is 6.92 Å². The maximum atomic E-state index is 12.4. The lowest BCUT2D eigenvalue weighted by Gasteiger charge is -2.09. The Morgan fingerprint density at radius 2 is 2.03 bits per heavy atom. The molecule has 3 aromatic rings. The van der Waals surface area contributed by atoms with E-state index in [1.807, 2.05) is 49.6 Å². The summed E-state index contributed by atoms with van der Waals surface area (Å²) in [5, 5.41) is 9.72. The highest BCUT2D eigenvalue weighted by molar-refractivity contribution is 7.99. The average molecular weight is 419 g/mol. The van der Waals surface area contributed by atoms with Crippen molar-refractivity contribution in [3.05, 3.63) is 54.1 Å². The summed E-state index contributed by atoms with van der Waals surface area (Å²) < 4.78 is 39.2. The molecule has 0 saturated carbocycles. The second kappa shape index (κ2) is 8.28. The van der Waals surface area contributed by atoms with Crippen LogP contribution in [0.3, 0.4) is 0 Å². The lowest BCUT2D eigenvalue weighted by atomic mass is 10.2. The fourth-order valence-electron chi connectivity index (χ4n) is 2.78. The largest absolute Gasteiger partial charge is 0.432 e.